The minimum absolute atomic E-state index is 0.0201. The Morgan fingerprint density at radius 1 is 1.07 bits per heavy atom. The van der Waals surface area contributed by atoms with Gasteiger partial charge in [-0.15, -0.1) is 0 Å². The Morgan fingerprint density at radius 2 is 1.72 bits per heavy atom. The maximum Gasteiger partial charge on any atom is 0.328 e. The third kappa shape index (κ3) is 3.55. The number of carbonyl (C=O) groups is 3. The molecule has 1 aliphatic heterocycles. The van der Waals surface area contributed by atoms with Crippen LogP contribution in [0.4, 0.5) is 0 Å². The maximum atomic E-state index is 13.0. The smallest absolute Gasteiger partial charge is 0.328 e. The molecule has 7 nitrogen and oxygen atoms in total. The normalized spacial score (nSPS) is 16.2. The number of amides is 1. The van der Waals surface area contributed by atoms with Gasteiger partial charge in [-0.05, 0) is 36.2 Å². The molecule has 2 aromatic rings. The largest absolute Gasteiger partial charge is 0.467 e. The van der Waals surface area contributed by atoms with Crippen molar-refractivity contribution >= 4 is 27.5 Å². The van der Waals surface area contributed by atoms with Gasteiger partial charge >= 0.3 is 5.97 Å². The van der Waals surface area contributed by atoms with Gasteiger partial charge < -0.3 is 10.1 Å². The van der Waals surface area contributed by atoms with E-state index in [0.29, 0.717) is 6.42 Å². The summed E-state index contributed by atoms with van der Waals surface area (Å²) in [5.41, 5.74) is 0.170. The molecule has 0 radical (unpaired) electrons. The van der Waals surface area contributed by atoms with Crippen molar-refractivity contribution in [3.8, 4) is 0 Å². The van der Waals surface area contributed by atoms with Crippen LogP contribution in [0.15, 0.2) is 52.3 Å². The summed E-state index contributed by atoms with van der Waals surface area (Å²) < 4.78 is 30.7. The topological polar surface area (TPSA) is 107 Å². The fourth-order valence-corrected chi connectivity index (χ4v) is 4.92. The van der Waals surface area contributed by atoms with E-state index in [-0.39, 0.29) is 32.4 Å². The van der Waals surface area contributed by atoms with E-state index in [0.717, 1.165) is 0 Å². The van der Waals surface area contributed by atoms with Gasteiger partial charge in [0.1, 0.15) is 6.04 Å². The van der Waals surface area contributed by atoms with E-state index >= 15 is 0 Å². The third-order valence-corrected chi connectivity index (χ3v) is 7.01. The van der Waals surface area contributed by atoms with Gasteiger partial charge in [0.05, 0.1) is 16.9 Å². The second kappa shape index (κ2) is 7.79. The Hall–Kier alpha value is -3.00. The molecule has 0 saturated heterocycles. The Balaban J connectivity index is 2.01. The second-order valence-corrected chi connectivity index (χ2v) is 8.79. The highest BCUT2D eigenvalue weighted by atomic mass is 32.2. The number of ether oxygens (including phenoxy) is 1. The van der Waals surface area contributed by atoms with Crippen molar-refractivity contribution < 1.29 is 27.5 Å². The van der Waals surface area contributed by atoms with Crippen LogP contribution in [0.1, 0.15) is 46.5 Å². The Bertz CT molecular complexity index is 1110. The fourth-order valence-electron chi connectivity index (χ4n) is 3.25. The molecule has 0 bridgehead atoms. The lowest BCUT2D eigenvalue weighted by atomic mass is 9.98. The molecule has 1 N–H and O–H groups in total. The van der Waals surface area contributed by atoms with Gasteiger partial charge in [0.15, 0.2) is 5.78 Å². The molecule has 0 spiro atoms. The summed E-state index contributed by atoms with van der Waals surface area (Å²) in [5.74, 6) is -1.79. The number of fused-ring (bicyclic) bond motifs is 2. The molecule has 29 heavy (non-hydrogen) atoms. The predicted octanol–water partition coefficient (Wildman–Crippen LogP) is 2.38. The molecule has 8 heteroatoms. The average Bonchev–Trinajstić information content (AvgIpc) is 2.74. The summed E-state index contributed by atoms with van der Waals surface area (Å²) in [4.78, 5) is 37.1. The zero-order valence-electron chi connectivity index (χ0n) is 16.3. The Kier molecular flexibility index (Phi) is 5.57. The van der Waals surface area contributed by atoms with E-state index < -0.39 is 33.5 Å². The lowest BCUT2D eigenvalue weighted by molar-refractivity contribution is -0.144. The van der Waals surface area contributed by atoms with Crippen LogP contribution in [0, 0.1) is 5.92 Å². The quantitative estimate of drug-likeness (QED) is 0.641. The van der Waals surface area contributed by atoms with Gasteiger partial charge in [0.2, 0.25) is 9.84 Å². The minimum atomic E-state index is -3.95. The fraction of sp³-hybridized carbons (Fsp3) is 0.286. The van der Waals surface area contributed by atoms with Gasteiger partial charge in [-0.2, -0.15) is 0 Å². The molecular weight excluding hydrogens is 394 g/mol. The zero-order chi connectivity index (χ0) is 21.3. The van der Waals surface area contributed by atoms with Crippen molar-refractivity contribution in [1.82, 2.24) is 5.32 Å². The molecular formula is C21H21NO6S. The van der Waals surface area contributed by atoms with E-state index in [4.69, 9.17) is 4.74 Å². The summed E-state index contributed by atoms with van der Waals surface area (Å²) in [5, 5.41) is 2.61. The monoisotopic (exact) mass is 415 g/mol. The van der Waals surface area contributed by atoms with Crippen molar-refractivity contribution in [1.29, 1.82) is 0 Å². The number of ketones is 1. The van der Waals surface area contributed by atoms with E-state index in [2.05, 4.69) is 5.32 Å². The molecule has 0 saturated carbocycles. The summed E-state index contributed by atoms with van der Waals surface area (Å²) in [6.07, 6.45) is 0.629. The molecule has 152 valence electrons. The molecule has 0 fully saturated rings. The predicted molar refractivity (Wildman–Crippen MR) is 104 cm³/mol. The van der Waals surface area contributed by atoms with Gasteiger partial charge in [0, 0.05) is 16.7 Å². The molecule has 2 aromatic carbocycles. The zero-order valence-corrected chi connectivity index (χ0v) is 17.1. The summed E-state index contributed by atoms with van der Waals surface area (Å²) in [7, 11) is -2.72. The van der Waals surface area contributed by atoms with Gasteiger partial charge in [-0.25, -0.2) is 13.2 Å². The van der Waals surface area contributed by atoms with E-state index in [1.807, 2.05) is 6.92 Å². The van der Waals surface area contributed by atoms with Crippen LogP contribution < -0.4 is 5.32 Å². The van der Waals surface area contributed by atoms with Gasteiger partial charge in [-0.1, -0.05) is 32.4 Å². The van der Waals surface area contributed by atoms with Crippen LogP contribution in [-0.2, 0) is 19.4 Å². The van der Waals surface area contributed by atoms with Gasteiger partial charge in [-0.3, -0.25) is 9.59 Å². The second-order valence-electron chi connectivity index (χ2n) is 6.90. The highest BCUT2D eigenvalue weighted by molar-refractivity contribution is 7.91. The first-order chi connectivity index (χ1) is 13.7. The molecule has 1 heterocycles. The number of rotatable bonds is 5. The number of hydrogen-bond acceptors (Lipinski definition) is 6. The Morgan fingerprint density at radius 3 is 2.38 bits per heavy atom. The van der Waals surface area contributed by atoms with Crippen molar-refractivity contribution in [2.75, 3.05) is 7.11 Å². The van der Waals surface area contributed by atoms with Crippen LogP contribution >= 0.6 is 0 Å². The van der Waals surface area contributed by atoms with Crippen LogP contribution in [-0.4, -0.2) is 39.2 Å². The van der Waals surface area contributed by atoms with E-state index in [1.54, 1.807) is 13.0 Å². The van der Waals surface area contributed by atoms with Crippen LogP contribution in [0.25, 0.3) is 0 Å². The van der Waals surface area contributed by atoms with E-state index in [9.17, 15) is 22.8 Å². The van der Waals surface area contributed by atoms with Gasteiger partial charge in [0.25, 0.3) is 5.91 Å². The highest BCUT2D eigenvalue weighted by Crippen LogP contribution is 2.34. The van der Waals surface area contributed by atoms with E-state index in [1.165, 1.54) is 43.5 Å². The summed E-state index contributed by atoms with van der Waals surface area (Å²) in [6.45, 7) is 3.68. The summed E-state index contributed by atoms with van der Waals surface area (Å²) >= 11 is 0. The highest BCUT2D eigenvalue weighted by Gasteiger charge is 2.35. The first kappa shape index (κ1) is 20.7. The SMILES string of the molecule is CC[C@H](C)[C@@H](NC(=O)c1ccc2c(c1)S(=O)(=O)c1ccccc1C2=O)C(=O)OC. The maximum absolute atomic E-state index is 13.0. The molecule has 1 amide bonds. The number of nitrogens with one attached hydrogen (secondary N) is 1. The number of benzene rings is 2. The molecule has 0 aliphatic carbocycles. The van der Waals surface area contributed by atoms with Crippen molar-refractivity contribution in [2.24, 2.45) is 5.92 Å². The lowest BCUT2D eigenvalue weighted by Gasteiger charge is -2.23. The molecule has 2 atom stereocenters. The standard InChI is InChI=1S/C21H21NO6S/c1-4-12(2)18(21(25)28-3)22-20(24)13-9-10-15-17(11-13)29(26,27)16-8-6-5-7-14(16)19(15)23/h5-12,18H,4H2,1-3H3,(H,22,24)/t12-,18+/m0/s1. The number of hydrogen-bond donors (Lipinski definition) is 1. The average molecular weight is 415 g/mol. The Labute approximate surface area is 169 Å². The van der Waals surface area contributed by atoms with Crippen molar-refractivity contribution in [3.05, 3.63) is 59.2 Å². The third-order valence-electron chi connectivity index (χ3n) is 5.15. The molecule has 0 aromatic heterocycles. The number of esters is 1. The van der Waals surface area contributed by atoms with Crippen LogP contribution in [0.2, 0.25) is 0 Å². The number of methoxy groups -OCH3 is 1. The number of carbonyl (C=O) groups excluding carboxylic acids is 3. The van der Waals surface area contributed by atoms with Crippen molar-refractivity contribution in [2.45, 2.75) is 36.1 Å². The van der Waals surface area contributed by atoms with Crippen LogP contribution in [0.5, 0.6) is 0 Å². The first-order valence-corrected chi connectivity index (χ1v) is 10.6. The minimum Gasteiger partial charge on any atom is -0.467 e. The molecule has 0 unspecified atom stereocenters. The number of sulfone groups is 1. The van der Waals surface area contributed by atoms with Crippen LogP contribution in [0.3, 0.4) is 0 Å². The molecule has 1 aliphatic rings. The lowest BCUT2D eigenvalue weighted by Crippen LogP contribution is -2.45. The molecule has 3 rings (SSSR count). The van der Waals surface area contributed by atoms with Crippen molar-refractivity contribution in [3.63, 3.8) is 0 Å². The first-order valence-electron chi connectivity index (χ1n) is 9.14. The summed E-state index contributed by atoms with van der Waals surface area (Å²) in [6, 6.07) is 8.99.